The van der Waals surface area contributed by atoms with Crippen molar-refractivity contribution in [3.8, 4) is 0 Å². The summed E-state index contributed by atoms with van der Waals surface area (Å²) >= 11 is 0. The first kappa shape index (κ1) is 25.0. The standard InChI is InChI=1S/C33H34N6/c1-24(28-15-11-26(12-16-28)20-38-22-32(34-36-38)30-7-3-4-8-30)19-25(2)29-17-13-27(14-18-29)21-39-23-33(35-37-39)31-9-5-6-10-31/h3-7,9,11-18,22-25H,8,10,19-21H2,1-2H3. The zero-order valence-electron chi connectivity index (χ0n) is 22.6. The van der Waals surface area contributed by atoms with Crippen molar-refractivity contribution >= 4 is 11.1 Å². The summed E-state index contributed by atoms with van der Waals surface area (Å²) in [6.07, 6.45) is 19.7. The van der Waals surface area contributed by atoms with Crippen molar-refractivity contribution in [2.75, 3.05) is 0 Å². The second-order valence-electron chi connectivity index (χ2n) is 10.8. The summed E-state index contributed by atoms with van der Waals surface area (Å²) in [5, 5.41) is 17.3. The summed E-state index contributed by atoms with van der Waals surface area (Å²) < 4.78 is 3.84. The summed E-state index contributed by atoms with van der Waals surface area (Å²) in [7, 11) is 0. The molecule has 0 amide bonds. The van der Waals surface area contributed by atoms with Crippen LogP contribution in [0.4, 0.5) is 0 Å². The van der Waals surface area contributed by atoms with Crippen LogP contribution in [0, 0.1) is 0 Å². The van der Waals surface area contributed by atoms with Gasteiger partial charge in [-0.2, -0.15) is 0 Å². The molecular formula is C33H34N6. The van der Waals surface area contributed by atoms with Gasteiger partial charge in [-0.05, 0) is 64.5 Å². The highest BCUT2D eigenvalue weighted by Crippen LogP contribution is 2.30. The number of rotatable bonds is 10. The lowest BCUT2D eigenvalue weighted by Gasteiger charge is -2.19. The number of hydrogen-bond acceptors (Lipinski definition) is 4. The average molecular weight is 515 g/mol. The van der Waals surface area contributed by atoms with Crippen molar-refractivity contribution in [2.45, 2.75) is 58.0 Å². The Bertz CT molecular complexity index is 1430. The predicted molar refractivity (Wildman–Crippen MR) is 156 cm³/mol. The summed E-state index contributed by atoms with van der Waals surface area (Å²) in [6, 6.07) is 17.9. The van der Waals surface area contributed by atoms with E-state index in [9.17, 15) is 0 Å². The molecule has 6 heteroatoms. The second-order valence-corrected chi connectivity index (χ2v) is 10.8. The van der Waals surface area contributed by atoms with Crippen LogP contribution in [-0.4, -0.2) is 30.0 Å². The molecule has 39 heavy (non-hydrogen) atoms. The highest BCUT2D eigenvalue weighted by atomic mass is 15.4. The van der Waals surface area contributed by atoms with E-state index in [-0.39, 0.29) is 0 Å². The van der Waals surface area contributed by atoms with Crippen molar-refractivity contribution in [3.63, 3.8) is 0 Å². The predicted octanol–water partition coefficient (Wildman–Crippen LogP) is 6.95. The maximum absolute atomic E-state index is 4.34. The van der Waals surface area contributed by atoms with Crippen molar-refractivity contribution in [3.05, 3.63) is 131 Å². The van der Waals surface area contributed by atoms with E-state index in [4.69, 9.17) is 0 Å². The van der Waals surface area contributed by atoms with E-state index >= 15 is 0 Å². The van der Waals surface area contributed by atoms with Crippen LogP contribution in [0.3, 0.4) is 0 Å². The van der Waals surface area contributed by atoms with Gasteiger partial charge >= 0.3 is 0 Å². The molecule has 2 heterocycles. The molecule has 0 fully saturated rings. The first-order valence-corrected chi connectivity index (χ1v) is 13.8. The van der Waals surface area contributed by atoms with Crippen molar-refractivity contribution in [1.82, 2.24) is 30.0 Å². The van der Waals surface area contributed by atoms with Gasteiger partial charge in [0, 0.05) is 0 Å². The molecular weight excluding hydrogens is 480 g/mol. The Kier molecular flexibility index (Phi) is 7.17. The molecule has 2 aromatic carbocycles. The Morgan fingerprint density at radius 2 is 1.08 bits per heavy atom. The first-order valence-electron chi connectivity index (χ1n) is 13.8. The van der Waals surface area contributed by atoms with Gasteiger partial charge in [-0.25, -0.2) is 9.36 Å². The van der Waals surface area contributed by atoms with Crippen LogP contribution in [0.25, 0.3) is 11.1 Å². The Hall–Kier alpha value is -4.32. The van der Waals surface area contributed by atoms with E-state index in [1.807, 2.05) is 21.8 Å². The molecule has 4 aromatic rings. The zero-order chi connectivity index (χ0) is 26.6. The minimum atomic E-state index is 0.474. The summed E-state index contributed by atoms with van der Waals surface area (Å²) in [5.41, 5.74) is 9.62. The van der Waals surface area contributed by atoms with Gasteiger partial charge < -0.3 is 0 Å². The summed E-state index contributed by atoms with van der Waals surface area (Å²) in [5.74, 6) is 0.947. The van der Waals surface area contributed by atoms with E-state index < -0.39 is 0 Å². The third-order valence-corrected chi connectivity index (χ3v) is 7.77. The zero-order valence-corrected chi connectivity index (χ0v) is 22.6. The van der Waals surface area contributed by atoms with Gasteiger partial charge in [0.15, 0.2) is 0 Å². The van der Waals surface area contributed by atoms with E-state index in [0.29, 0.717) is 11.8 Å². The number of hydrogen-bond donors (Lipinski definition) is 0. The third kappa shape index (κ3) is 5.90. The molecule has 0 bridgehead atoms. The van der Waals surface area contributed by atoms with Crippen molar-refractivity contribution in [2.24, 2.45) is 0 Å². The number of nitrogens with zero attached hydrogens (tertiary/aromatic N) is 6. The molecule has 0 radical (unpaired) electrons. The highest BCUT2D eigenvalue weighted by molar-refractivity contribution is 5.68. The summed E-state index contributed by atoms with van der Waals surface area (Å²) in [4.78, 5) is 0. The van der Waals surface area contributed by atoms with Crippen LogP contribution in [-0.2, 0) is 13.1 Å². The van der Waals surface area contributed by atoms with Crippen molar-refractivity contribution in [1.29, 1.82) is 0 Å². The molecule has 0 saturated carbocycles. The van der Waals surface area contributed by atoms with Crippen LogP contribution in [0.15, 0.2) is 97.4 Å². The Labute approximate surface area is 230 Å². The fourth-order valence-electron chi connectivity index (χ4n) is 5.40. The lowest BCUT2D eigenvalue weighted by atomic mass is 9.87. The van der Waals surface area contributed by atoms with Crippen LogP contribution < -0.4 is 0 Å². The Morgan fingerprint density at radius 1 is 0.641 bits per heavy atom. The SMILES string of the molecule is CC(CC(C)c1ccc(Cn2cc(C3=CC=CC3)nn2)cc1)c1ccc(Cn2cc(C3=CC=CC3)nn2)cc1. The van der Waals surface area contributed by atoms with E-state index in [2.05, 4.69) is 119 Å². The Balaban J connectivity index is 1.02. The minimum absolute atomic E-state index is 0.474. The normalized spacial score (nSPS) is 15.9. The average Bonchev–Trinajstić information content (AvgIpc) is 3.77. The van der Waals surface area contributed by atoms with Gasteiger partial charge in [0.05, 0.1) is 25.5 Å². The highest BCUT2D eigenvalue weighted by Gasteiger charge is 2.14. The molecule has 6 nitrogen and oxygen atoms in total. The largest absolute Gasteiger partial charge is 0.247 e. The van der Waals surface area contributed by atoms with Gasteiger partial charge in [0.1, 0.15) is 11.4 Å². The number of allylic oxidation sites excluding steroid dienone is 8. The topological polar surface area (TPSA) is 61.4 Å². The van der Waals surface area contributed by atoms with Gasteiger partial charge in [0.2, 0.25) is 0 Å². The van der Waals surface area contributed by atoms with E-state index in [1.54, 1.807) is 0 Å². The van der Waals surface area contributed by atoms with Crippen LogP contribution in [0.5, 0.6) is 0 Å². The molecule has 2 unspecified atom stereocenters. The molecule has 0 aliphatic heterocycles. The molecule has 0 saturated heterocycles. The van der Waals surface area contributed by atoms with Gasteiger partial charge in [0.25, 0.3) is 0 Å². The van der Waals surface area contributed by atoms with Crippen LogP contribution in [0.1, 0.15) is 78.6 Å². The van der Waals surface area contributed by atoms with E-state index in [0.717, 1.165) is 43.7 Å². The molecule has 2 aliphatic carbocycles. The van der Waals surface area contributed by atoms with Gasteiger partial charge in [-0.1, -0.05) is 109 Å². The number of benzene rings is 2. The first-order chi connectivity index (χ1) is 19.1. The lowest BCUT2D eigenvalue weighted by Crippen LogP contribution is -2.04. The lowest BCUT2D eigenvalue weighted by molar-refractivity contribution is 0.591. The quantitative estimate of drug-likeness (QED) is 0.230. The summed E-state index contributed by atoms with van der Waals surface area (Å²) in [6.45, 7) is 6.11. The second kappa shape index (κ2) is 11.2. The van der Waals surface area contributed by atoms with Crippen molar-refractivity contribution < 1.29 is 0 Å². The monoisotopic (exact) mass is 514 g/mol. The molecule has 0 N–H and O–H groups in total. The molecule has 196 valence electrons. The van der Waals surface area contributed by atoms with E-state index in [1.165, 1.54) is 33.4 Å². The molecule has 0 spiro atoms. The molecule has 2 atom stereocenters. The van der Waals surface area contributed by atoms with Crippen LogP contribution >= 0.6 is 0 Å². The molecule has 2 aromatic heterocycles. The van der Waals surface area contributed by atoms with Crippen LogP contribution in [0.2, 0.25) is 0 Å². The van der Waals surface area contributed by atoms with Gasteiger partial charge in [-0.15, -0.1) is 10.2 Å². The molecule has 6 rings (SSSR count). The number of aromatic nitrogens is 6. The third-order valence-electron chi connectivity index (χ3n) is 7.77. The fourth-order valence-corrected chi connectivity index (χ4v) is 5.40. The Morgan fingerprint density at radius 3 is 1.46 bits per heavy atom. The fraction of sp³-hybridized carbons (Fsp3) is 0.273. The maximum atomic E-state index is 4.34. The maximum Gasteiger partial charge on any atom is 0.109 e. The smallest absolute Gasteiger partial charge is 0.109 e. The molecule has 2 aliphatic rings. The minimum Gasteiger partial charge on any atom is -0.247 e. The van der Waals surface area contributed by atoms with Gasteiger partial charge in [-0.3, -0.25) is 0 Å².